The molecule has 1 aromatic heterocycles. The average Bonchev–Trinajstić information content (AvgIpc) is 2.56. The molecule has 4 heteroatoms. The summed E-state index contributed by atoms with van der Waals surface area (Å²) >= 11 is 11.9. The van der Waals surface area contributed by atoms with E-state index in [1.807, 2.05) is 20.8 Å². The number of halogens is 2. The second kappa shape index (κ2) is 4.79. The van der Waals surface area contributed by atoms with Crippen molar-refractivity contribution in [3.05, 3.63) is 56.3 Å². The van der Waals surface area contributed by atoms with E-state index in [0.717, 1.165) is 16.8 Å². The summed E-state index contributed by atoms with van der Waals surface area (Å²) in [5, 5.41) is 0.893. The Hall–Kier alpha value is -1.25. The summed E-state index contributed by atoms with van der Waals surface area (Å²) in [5.41, 5.74) is 4.12. The Bertz CT molecular complexity index is 629. The molecule has 0 radical (unpaired) electrons. The topological polar surface area (TPSA) is 32.9 Å². The van der Waals surface area contributed by atoms with Crippen LogP contribution in [0.3, 0.4) is 0 Å². The van der Waals surface area contributed by atoms with Gasteiger partial charge in [-0.1, -0.05) is 23.2 Å². The standard InChI is InChI=1S/C14H13Cl2NO/c1-7-8(2)13(17-9(7)3)14(18)11-5-4-10(15)6-12(11)16/h4-6,17H,1-3H3. The van der Waals surface area contributed by atoms with Gasteiger partial charge in [0.25, 0.3) is 0 Å². The van der Waals surface area contributed by atoms with Crippen LogP contribution in [0, 0.1) is 20.8 Å². The van der Waals surface area contributed by atoms with Gasteiger partial charge in [-0.05, 0) is 50.1 Å². The van der Waals surface area contributed by atoms with Gasteiger partial charge in [0.1, 0.15) is 0 Å². The quantitative estimate of drug-likeness (QED) is 0.809. The van der Waals surface area contributed by atoms with Gasteiger partial charge < -0.3 is 4.98 Å². The van der Waals surface area contributed by atoms with Gasteiger partial charge in [-0.2, -0.15) is 0 Å². The van der Waals surface area contributed by atoms with Crippen LogP contribution in [0.15, 0.2) is 18.2 Å². The molecule has 2 aromatic rings. The van der Waals surface area contributed by atoms with E-state index in [0.29, 0.717) is 21.3 Å². The highest BCUT2D eigenvalue weighted by Gasteiger charge is 2.18. The van der Waals surface area contributed by atoms with Gasteiger partial charge in [-0.15, -0.1) is 0 Å². The van der Waals surface area contributed by atoms with Crippen LogP contribution >= 0.6 is 23.2 Å². The molecule has 0 spiro atoms. The first-order chi connectivity index (χ1) is 8.41. The molecule has 0 saturated carbocycles. The Morgan fingerprint density at radius 1 is 1.11 bits per heavy atom. The predicted molar refractivity (Wildman–Crippen MR) is 74.9 cm³/mol. The molecular formula is C14H13Cl2NO. The van der Waals surface area contributed by atoms with Gasteiger partial charge in [0.2, 0.25) is 5.78 Å². The van der Waals surface area contributed by atoms with E-state index in [-0.39, 0.29) is 5.78 Å². The Morgan fingerprint density at radius 2 is 1.78 bits per heavy atom. The van der Waals surface area contributed by atoms with E-state index in [2.05, 4.69) is 4.98 Å². The average molecular weight is 282 g/mol. The summed E-state index contributed by atoms with van der Waals surface area (Å²) in [6.45, 7) is 5.86. The number of aromatic amines is 1. The summed E-state index contributed by atoms with van der Waals surface area (Å²) < 4.78 is 0. The summed E-state index contributed by atoms with van der Waals surface area (Å²) in [6.07, 6.45) is 0. The summed E-state index contributed by atoms with van der Waals surface area (Å²) in [4.78, 5) is 15.5. The van der Waals surface area contributed by atoms with Crippen molar-refractivity contribution >= 4 is 29.0 Å². The van der Waals surface area contributed by atoms with Crippen LogP contribution in [0.1, 0.15) is 32.9 Å². The van der Waals surface area contributed by atoms with E-state index in [4.69, 9.17) is 23.2 Å². The van der Waals surface area contributed by atoms with E-state index in [1.165, 1.54) is 0 Å². The molecule has 0 saturated heterocycles. The zero-order chi connectivity index (χ0) is 13.4. The lowest BCUT2D eigenvalue weighted by molar-refractivity contribution is 0.103. The predicted octanol–water partition coefficient (Wildman–Crippen LogP) is 4.48. The Balaban J connectivity index is 2.51. The zero-order valence-corrected chi connectivity index (χ0v) is 11.9. The molecule has 0 atom stereocenters. The fourth-order valence-corrected chi connectivity index (χ4v) is 2.37. The van der Waals surface area contributed by atoms with Crippen molar-refractivity contribution < 1.29 is 4.79 Å². The van der Waals surface area contributed by atoms with Gasteiger partial charge >= 0.3 is 0 Å². The number of benzene rings is 1. The van der Waals surface area contributed by atoms with Crippen molar-refractivity contribution in [1.82, 2.24) is 4.98 Å². The number of hydrogen-bond donors (Lipinski definition) is 1. The third-order valence-corrected chi connectivity index (χ3v) is 3.76. The molecule has 0 fully saturated rings. The van der Waals surface area contributed by atoms with Crippen LogP contribution in [0.25, 0.3) is 0 Å². The number of nitrogens with one attached hydrogen (secondary N) is 1. The van der Waals surface area contributed by atoms with Crippen LogP contribution in [0.4, 0.5) is 0 Å². The Labute approximate surface area is 116 Å². The molecule has 0 unspecified atom stereocenters. The van der Waals surface area contributed by atoms with Gasteiger partial charge in [0.15, 0.2) is 0 Å². The second-order valence-electron chi connectivity index (χ2n) is 4.33. The van der Waals surface area contributed by atoms with E-state index in [9.17, 15) is 4.79 Å². The normalized spacial score (nSPS) is 10.7. The fraction of sp³-hybridized carbons (Fsp3) is 0.214. The lowest BCUT2D eigenvalue weighted by Crippen LogP contribution is -2.04. The molecule has 1 N–H and O–H groups in total. The molecule has 0 aliphatic carbocycles. The molecule has 0 aliphatic rings. The number of carbonyl (C=O) groups is 1. The number of rotatable bonds is 2. The third-order valence-electron chi connectivity index (χ3n) is 3.22. The van der Waals surface area contributed by atoms with Gasteiger partial charge in [-0.3, -0.25) is 4.79 Å². The van der Waals surface area contributed by atoms with E-state index < -0.39 is 0 Å². The van der Waals surface area contributed by atoms with Gasteiger partial charge in [0, 0.05) is 16.3 Å². The monoisotopic (exact) mass is 281 g/mol. The van der Waals surface area contributed by atoms with Crippen molar-refractivity contribution in [3.8, 4) is 0 Å². The first-order valence-corrected chi connectivity index (χ1v) is 6.33. The molecule has 0 amide bonds. The molecule has 94 valence electrons. The molecular weight excluding hydrogens is 269 g/mol. The van der Waals surface area contributed by atoms with Crippen molar-refractivity contribution in [3.63, 3.8) is 0 Å². The highest BCUT2D eigenvalue weighted by molar-refractivity contribution is 6.37. The maximum absolute atomic E-state index is 12.4. The molecule has 1 aromatic carbocycles. The molecule has 18 heavy (non-hydrogen) atoms. The van der Waals surface area contributed by atoms with Gasteiger partial charge in [-0.25, -0.2) is 0 Å². The van der Waals surface area contributed by atoms with Crippen molar-refractivity contribution in [2.24, 2.45) is 0 Å². The maximum atomic E-state index is 12.4. The second-order valence-corrected chi connectivity index (χ2v) is 5.17. The smallest absolute Gasteiger partial charge is 0.210 e. The first-order valence-electron chi connectivity index (χ1n) is 5.57. The zero-order valence-electron chi connectivity index (χ0n) is 10.4. The molecule has 0 aliphatic heterocycles. The third kappa shape index (κ3) is 2.18. The van der Waals surface area contributed by atoms with Crippen LogP contribution in [-0.4, -0.2) is 10.8 Å². The molecule has 2 nitrogen and oxygen atoms in total. The van der Waals surface area contributed by atoms with Crippen LogP contribution in [0.5, 0.6) is 0 Å². The number of hydrogen-bond acceptors (Lipinski definition) is 1. The summed E-state index contributed by atoms with van der Waals surface area (Å²) in [7, 11) is 0. The fourth-order valence-electron chi connectivity index (χ4n) is 1.88. The Morgan fingerprint density at radius 3 is 2.28 bits per heavy atom. The molecule has 1 heterocycles. The number of aromatic nitrogens is 1. The highest BCUT2D eigenvalue weighted by atomic mass is 35.5. The number of aryl methyl sites for hydroxylation is 1. The minimum atomic E-state index is -0.106. The largest absolute Gasteiger partial charge is 0.356 e. The van der Waals surface area contributed by atoms with E-state index >= 15 is 0 Å². The summed E-state index contributed by atoms with van der Waals surface area (Å²) in [6, 6.07) is 4.89. The van der Waals surface area contributed by atoms with Gasteiger partial charge in [0.05, 0.1) is 10.7 Å². The minimum absolute atomic E-state index is 0.106. The minimum Gasteiger partial charge on any atom is -0.356 e. The highest BCUT2D eigenvalue weighted by Crippen LogP contribution is 2.25. The van der Waals surface area contributed by atoms with Crippen molar-refractivity contribution in [2.45, 2.75) is 20.8 Å². The number of carbonyl (C=O) groups excluding carboxylic acids is 1. The van der Waals surface area contributed by atoms with Crippen LogP contribution in [-0.2, 0) is 0 Å². The van der Waals surface area contributed by atoms with Crippen molar-refractivity contribution in [1.29, 1.82) is 0 Å². The van der Waals surface area contributed by atoms with E-state index in [1.54, 1.807) is 18.2 Å². The molecule has 0 bridgehead atoms. The first kappa shape index (κ1) is 13.2. The number of H-pyrrole nitrogens is 1. The maximum Gasteiger partial charge on any atom is 0.210 e. The SMILES string of the molecule is Cc1[nH]c(C(=O)c2ccc(Cl)cc2Cl)c(C)c1C. The lowest BCUT2D eigenvalue weighted by Gasteiger charge is -2.04. The lowest BCUT2D eigenvalue weighted by atomic mass is 10.0. The number of ketones is 1. The molecule has 2 rings (SSSR count). The Kier molecular flexibility index (Phi) is 3.51. The van der Waals surface area contributed by atoms with Crippen molar-refractivity contribution in [2.75, 3.05) is 0 Å². The van der Waals surface area contributed by atoms with Crippen LogP contribution < -0.4 is 0 Å². The summed E-state index contributed by atoms with van der Waals surface area (Å²) in [5.74, 6) is -0.106. The van der Waals surface area contributed by atoms with Crippen LogP contribution in [0.2, 0.25) is 10.0 Å².